The van der Waals surface area contributed by atoms with E-state index in [0.29, 0.717) is 25.0 Å². The van der Waals surface area contributed by atoms with E-state index in [1.807, 2.05) is 19.9 Å². The van der Waals surface area contributed by atoms with E-state index >= 15 is 0 Å². The Hall–Kier alpha value is -1.16. The lowest BCUT2D eigenvalue weighted by atomic mass is 9.44. The molecule has 0 aliphatic heterocycles. The highest BCUT2D eigenvalue weighted by Crippen LogP contribution is 2.67. The van der Waals surface area contributed by atoms with Gasteiger partial charge in [0.1, 0.15) is 11.9 Å². The lowest BCUT2D eigenvalue weighted by molar-refractivity contribution is -0.206. The number of Topliss-reactive ketones (excluding diaryl/α,β-unsaturated/α-hetero) is 1. The highest BCUT2D eigenvalue weighted by Gasteiger charge is 2.68. The van der Waals surface area contributed by atoms with Gasteiger partial charge in [-0.15, -0.1) is 6.58 Å². The Kier molecular flexibility index (Phi) is 5.59. The van der Waals surface area contributed by atoms with Crippen molar-refractivity contribution in [1.82, 2.24) is 0 Å². The van der Waals surface area contributed by atoms with Crippen molar-refractivity contribution in [2.45, 2.75) is 91.8 Å². The predicted molar refractivity (Wildman–Crippen MR) is 110 cm³/mol. The minimum Gasteiger partial charge on any atom is -0.462 e. The van der Waals surface area contributed by atoms with Gasteiger partial charge in [-0.1, -0.05) is 40.7 Å². The molecule has 2 bridgehead atoms. The van der Waals surface area contributed by atoms with Crippen LogP contribution in [-0.2, 0) is 14.3 Å². The summed E-state index contributed by atoms with van der Waals surface area (Å²) in [7, 11) is 0. The minimum absolute atomic E-state index is 0.00562. The second kappa shape index (κ2) is 7.27. The van der Waals surface area contributed by atoms with Crippen molar-refractivity contribution in [3.8, 4) is 0 Å². The molecule has 0 saturated heterocycles. The molecular formula is C24H38O4. The average Bonchev–Trinajstić information content (AvgIpc) is 3.01. The Morgan fingerprint density at radius 2 is 2.00 bits per heavy atom. The molecule has 1 N–H and O–H groups in total. The molecule has 3 saturated carbocycles. The van der Waals surface area contributed by atoms with Gasteiger partial charge in [0, 0.05) is 29.6 Å². The van der Waals surface area contributed by atoms with Crippen molar-refractivity contribution in [3.63, 3.8) is 0 Å². The fourth-order valence-corrected chi connectivity index (χ4v) is 6.92. The first-order chi connectivity index (χ1) is 13.1. The molecule has 158 valence electrons. The zero-order valence-corrected chi connectivity index (χ0v) is 18.3. The molecule has 3 aliphatic rings. The average molecular weight is 391 g/mol. The Morgan fingerprint density at radius 3 is 2.61 bits per heavy atom. The van der Waals surface area contributed by atoms with Gasteiger partial charge in [-0.2, -0.15) is 0 Å². The predicted octanol–water partition coefficient (Wildman–Crippen LogP) is 4.69. The summed E-state index contributed by atoms with van der Waals surface area (Å²) in [6, 6.07) is 0. The van der Waals surface area contributed by atoms with Crippen LogP contribution in [-0.4, -0.2) is 29.1 Å². The van der Waals surface area contributed by atoms with Crippen LogP contribution in [0.1, 0.15) is 79.6 Å². The standard InChI is InChI=1S/C24H38O4/c1-7-9-19(26)28-18-14-22(5,8-2)21(27)16(4)24-12-10-15(3)23(18,6)20(24)17(25)11-13-24/h8,15-16,18,20-21,27H,2,7,9-14H2,1,3-6H3/t15?,16-,18+,20?,21?,22+,23-,24?/m0/s1. The quantitative estimate of drug-likeness (QED) is 0.558. The van der Waals surface area contributed by atoms with Crippen molar-refractivity contribution in [1.29, 1.82) is 0 Å². The smallest absolute Gasteiger partial charge is 0.306 e. The molecule has 0 spiro atoms. The lowest BCUT2D eigenvalue weighted by Crippen LogP contribution is -2.63. The number of ketones is 1. The van der Waals surface area contributed by atoms with Gasteiger partial charge in [0.25, 0.3) is 0 Å². The third-order valence-corrected chi connectivity index (χ3v) is 9.03. The van der Waals surface area contributed by atoms with Gasteiger partial charge in [-0.25, -0.2) is 0 Å². The fourth-order valence-electron chi connectivity index (χ4n) is 6.92. The first kappa shape index (κ1) is 21.5. The van der Waals surface area contributed by atoms with Crippen molar-refractivity contribution in [3.05, 3.63) is 12.7 Å². The van der Waals surface area contributed by atoms with Gasteiger partial charge >= 0.3 is 5.97 Å². The topological polar surface area (TPSA) is 63.6 Å². The number of rotatable bonds is 4. The normalized spacial score (nSPS) is 48.4. The molecule has 0 amide bonds. The van der Waals surface area contributed by atoms with E-state index < -0.39 is 23.0 Å². The van der Waals surface area contributed by atoms with Gasteiger partial charge in [0.15, 0.2) is 0 Å². The maximum atomic E-state index is 13.2. The second-order valence-electron chi connectivity index (χ2n) is 10.3. The van der Waals surface area contributed by atoms with Crippen LogP contribution in [0, 0.1) is 34.0 Å². The van der Waals surface area contributed by atoms with Gasteiger partial charge in [0.2, 0.25) is 0 Å². The summed E-state index contributed by atoms with van der Waals surface area (Å²) in [5, 5.41) is 11.4. The highest BCUT2D eigenvalue weighted by atomic mass is 16.5. The molecule has 28 heavy (non-hydrogen) atoms. The number of hydrogen-bond donors (Lipinski definition) is 1. The number of hydrogen-bond acceptors (Lipinski definition) is 4. The summed E-state index contributed by atoms with van der Waals surface area (Å²) in [4.78, 5) is 25.8. The van der Waals surface area contributed by atoms with Crippen LogP contribution in [0.15, 0.2) is 12.7 Å². The second-order valence-corrected chi connectivity index (χ2v) is 10.3. The molecule has 0 heterocycles. The third kappa shape index (κ3) is 2.89. The largest absolute Gasteiger partial charge is 0.462 e. The molecule has 3 rings (SSSR count). The van der Waals surface area contributed by atoms with Crippen molar-refractivity contribution in [2.75, 3.05) is 0 Å². The van der Waals surface area contributed by atoms with E-state index in [9.17, 15) is 14.7 Å². The summed E-state index contributed by atoms with van der Waals surface area (Å²) in [6.45, 7) is 14.5. The van der Waals surface area contributed by atoms with E-state index in [4.69, 9.17) is 4.74 Å². The number of aliphatic hydroxyl groups excluding tert-OH is 1. The van der Waals surface area contributed by atoms with Crippen molar-refractivity contribution < 1.29 is 19.4 Å². The van der Waals surface area contributed by atoms with Crippen LogP contribution in [0.3, 0.4) is 0 Å². The first-order valence-corrected chi connectivity index (χ1v) is 11.1. The van der Waals surface area contributed by atoms with Crippen LogP contribution in [0.4, 0.5) is 0 Å². The number of esters is 1. The summed E-state index contributed by atoms with van der Waals surface area (Å²) in [6.07, 6.45) is 5.85. The summed E-state index contributed by atoms with van der Waals surface area (Å²) < 4.78 is 6.11. The zero-order chi connectivity index (χ0) is 20.9. The van der Waals surface area contributed by atoms with Crippen LogP contribution in [0.2, 0.25) is 0 Å². The van der Waals surface area contributed by atoms with Crippen LogP contribution < -0.4 is 0 Å². The van der Waals surface area contributed by atoms with Crippen molar-refractivity contribution >= 4 is 11.8 Å². The number of carbonyl (C=O) groups excluding carboxylic acids is 2. The minimum atomic E-state index is -0.608. The monoisotopic (exact) mass is 390 g/mol. The fraction of sp³-hybridized carbons (Fsp3) is 0.833. The SMILES string of the molecule is C=C[C@]1(C)C[C@@H](OC(=O)CCC)[C@]2(C)C(C)CCC3(CCC(=O)C32)[C@@H](C)C1O. The van der Waals surface area contributed by atoms with Crippen molar-refractivity contribution in [2.24, 2.45) is 34.0 Å². The molecule has 3 fully saturated rings. The van der Waals surface area contributed by atoms with Crippen LogP contribution in [0.25, 0.3) is 0 Å². The number of carbonyl (C=O) groups is 2. The number of ether oxygens (including phenoxy) is 1. The van der Waals surface area contributed by atoms with E-state index in [2.05, 4.69) is 27.4 Å². The summed E-state index contributed by atoms with van der Waals surface area (Å²) in [5.41, 5.74) is -1.18. The Labute approximate surface area is 170 Å². The molecule has 4 unspecified atom stereocenters. The third-order valence-electron chi connectivity index (χ3n) is 9.03. The highest BCUT2D eigenvalue weighted by molar-refractivity contribution is 5.85. The molecular weight excluding hydrogens is 352 g/mol. The lowest BCUT2D eigenvalue weighted by Gasteiger charge is -2.61. The van der Waals surface area contributed by atoms with Gasteiger partial charge in [-0.3, -0.25) is 9.59 Å². The molecule has 0 aromatic rings. The zero-order valence-electron chi connectivity index (χ0n) is 18.3. The van der Waals surface area contributed by atoms with Gasteiger partial charge in [-0.05, 0) is 49.4 Å². The molecule has 8 atom stereocenters. The van der Waals surface area contributed by atoms with Crippen LogP contribution >= 0.6 is 0 Å². The molecule has 0 radical (unpaired) electrons. The molecule has 0 aromatic carbocycles. The Morgan fingerprint density at radius 1 is 1.32 bits per heavy atom. The van der Waals surface area contributed by atoms with E-state index in [0.717, 1.165) is 25.7 Å². The molecule has 4 nitrogen and oxygen atoms in total. The number of aliphatic hydroxyl groups is 1. The summed E-state index contributed by atoms with van der Waals surface area (Å²) >= 11 is 0. The van der Waals surface area contributed by atoms with E-state index in [-0.39, 0.29) is 29.1 Å². The van der Waals surface area contributed by atoms with E-state index in [1.165, 1.54) is 0 Å². The molecule has 0 aromatic heterocycles. The Balaban J connectivity index is 2.17. The maximum absolute atomic E-state index is 13.2. The first-order valence-electron chi connectivity index (χ1n) is 11.1. The van der Waals surface area contributed by atoms with E-state index in [1.54, 1.807) is 0 Å². The van der Waals surface area contributed by atoms with Gasteiger partial charge < -0.3 is 9.84 Å². The van der Waals surface area contributed by atoms with Crippen LogP contribution in [0.5, 0.6) is 0 Å². The maximum Gasteiger partial charge on any atom is 0.306 e. The molecule has 4 heteroatoms. The van der Waals surface area contributed by atoms with Gasteiger partial charge in [0.05, 0.1) is 6.10 Å². The Bertz CT molecular complexity index is 657. The molecule has 3 aliphatic carbocycles. The summed E-state index contributed by atoms with van der Waals surface area (Å²) in [5.74, 6) is 0.237.